The van der Waals surface area contributed by atoms with E-state index >= 15 is 0 Å². The summed E-state index contributed by atoms with van der Waals surface area (Å²) in [7, 11) is 0. The van der Waals surface area contributed by atoms with Crippen molar-refractivity contribution in [2.24, 2.45) is 0 Å². The summed E-state index contributed by atoms with van der Waals surface area (Å²) >= 11 is 1.40. The number of unbranched alkanes of at least 4 members (excludes halogenated alkanes) is 1. The summed E-state index contributed by atoms with van der Waals surface area (Å²) < 4.78 is 2.96. The first-order chi connectivity index (χ1) is 14.4. The second-order valence-electron chi connectivity index (χ2n) is 7.15. The Kier molecular flexibility index (Phi) is 5.46. The van der Waals surface area contributed by atoms with Gasteiger partial charge in [-0.1, -0.05) is 25.1 Å². The van der Waals surface area contributed by atoms with Crippen molar-refractivity contribution < 1.29 is 0 Å². The summed E-state index contributed by atoms with van der Waals surface area (Å²) in [6.07, 6.45) is 3.11. The van der Waals surface area contributed by atoms with Crippen LogP contribution in [0.2, 0.25) is 0 Å². The van der Waals surface area contributed by atoms with Crippen molar-refractivity contribution in [2.45, 2.75) is 64.4 Å². The van der Waals surface area contributed by atoms with Crippen LogP contribution in [-0.4, -0.2) is 39.1 Å². The van der Waals surface area contributed by atoms with Gasteiger partial charge in [-0.15, -0.1) is 5.10 Å². The van der Waals surface area contributed by atoms with Crippen LogP contribution in [0.1, 0.15) is 49.5 Å². The zero-order valence-electron chi connectivity index (χ0n) is 17.4. The summed E-state index contributed by atoms with van der Waals surface area (Å²) in [6, 6.07) is 0. The Bertz CT molecular complexity index is 1350. The van der Waals surface area contributed by atoms with E-state index in [9.17, 15) is 9.59 Å². The number of thioether (sulfide) groups is 1. The van der Waals surface area contributed by atoms with Gasteiger partial charge in [-0.05, 0) is 39.2 Å². The molecule has 0 fully saturated rings. The molecular weight excluding hydrogens is 404 g/mol. The van der Waals surface area contributed by atoms with Gasteiger partial charge in [0.25, 0.3) is 11.3 Å². The highest BCUT2D eigenvalue weighted by molar-refractivity contribution is 7.98. The fraction of sp³-hybridized carbons (Fsp3) is 0.474. The second-order valence-corrected chi connectivity index (χ2v) is 8.10. The van der Waals surface area contributed by atoms with E-state index in [1.54, 1.807) is 6.92 Å². The largest absolute Gasteiger partial charge is 0.335 e. The van der Waals surface area contributed by atoms with E-state index in [-0.39, 0.29) is 11.2 Å². The Balaban J connectivity index is 1.63. The van der Waals surface area contributed by atoms with Gasteiger partial charge in [0.15, 0.2) is 5.65 Å². The number of H-pyrrole nitrogens is 2. The summed E-state index contributed by atoms with van der Waals surface area (Å²) in [5, 5.41) is 5.22. The van der Waals surface area contributed by atoms with Gasteiger partial charge in [0.1, 0.15) is 11.3 Å². The first-order valence-electron chi connectivity index (χ1n) is 10.00. The van der Waals surface area contributed by atoms with Gasteiger partial charge in [0, 0.05) is 12.2 Å². The van der Waals surface area contributed by atoms with E-state index < -0.39 is 5.69 Å². The Labute approximate surface area is 176 Å². The predicted octanol–water partition coefficient (Wildman–Crippen LogP) is 2.12. The normalized spacial score (nSPS) is 11.7. The van der Waals surface area contributed by atoms with Gasteiger partial charge in [0.05, 0.1) is 11.4 Å². The lowest BCUT2D eigenvalue weighted by molar-refractivity contribution is 0.682. The molecule has 0 atom stereocenters. The number of hydrogen-bond donors (Lipinski definition) is 2. The number of rotatable bonds is 7. The molecule has 158 valence electrons. The lowest BCUT2D eigenvalue weighted by atomic mass is 10.1. The Morgan fingerprint density at radius 3 is 2.60 bits per heavy atom. The van der Waals surface area contributed by atoms with Crippen LogP contribution >= 0.6 is 11.8 Å². The highest BCUT2D eigenvalue weighted by Gasteiger charge is 2.16. The molecule has 4 rings (SSSR count). The molecule has 0 radical (unpaired) electrons. The summed E-state index contributed by atoms with van der Waals surface area (Å²) in [5.41, 5.74) is 2.98. The number of nitrogens with zero attached hydrogens (tertiary/aromatic N) is 6. The molecule has 0 unspecified atom stereocenters. The minimum atomic E-state index is -0.459. The topological polar surface area (TPSA) is 127 Å². The Morgan fingerprint density at radius 2 is 1.87 bits per heavy atom. The number of aryl methyl sites for hydroxylation is 2. The molecule has 0 aliphatic heterocycles. The number of aromatic nitrogens is 8. The van der Waals surface area contributed by atoms with Crippen molar-refractivity contribution in [1.29, 1.82) is 0 Å². The lowest BCUT2D eigenvalue weighted by Crippen LogP contribution is -2.34. The van der Waals surface area contributed by atoms with Crippen molar-refractivity contribution in [2.75, 3.05) is 0 Å². The third-order valence-corrected chi connectivity index (χ3v) is 6.02. The van der Waals surface area contributed by atoms with Gasteiger partial charge in [-0.3, -0.25) is 14.3 Å². The second kappa shape index (κ2) is 8.05. The Hall–Kier alpha value is -2.95. The standard InChI is InChI=1S/C19H24N8O2S/c1-5-7-8-12-10(3)11(4)20-17-24-18(25-27(12)17)30-9-13-21-14-15(22-13)23-19(29)26(6-2)16(14)28/h5-9H2,1-4H3,(H,21,22)(H,23,29). The molecule has 0 saturated heterocycles. The molecule has 0 aliphatic rings. The van der Waals surface area contributed by atoms with Crippen LogP contribution in [0.3, 0.4) is 0 Å². The number of fused-ring (bicyclic) bond motifs is 2. The molecule has 11 heteroatoms. The number of aromatic amines is 2. The first kappa shape index (κ1) is 20.3. The fourth-order valence-electron chi connectivity index (χ4n) is 3.39. The zero-order chi connectivity index (χ0) is 21.4. The van der Waals surface area contributed by atoms with Gasteiger partial charge >= 0.3 is 5.69 Å². The maximum atomic E-state index is 12.4. The lowest BCUT2D eigenvalue weighted by Gasteiger charge is -2.09. The third-order valence-electron chi connectivity index (χ3n) is 5.17. The molecular formula is C19H24N8O2S. The smallest absolute Gasteiger partial charge is 0.330 e. The molecule has 0 saturated carbocycles. The minimum absolute atomic E-state index is 0.267. The molecule has 4 heterocycles. The molecule has 30 heavy (non-hydrogen) atoms. The monoisotopic (exact) mass is 428 g/mol. The van der Waals surface area contributed by atoms with Crippen LogP contribution in [0.5, 0.6) is 0 Å². The highest BCUT2D eigenvalue weighted by Crippen LogP contribution is 2.22. The molecule has 2 N–H and O–H groups in total. The van der Waals surface area contributed by atoms with E-state index in [2.05, 4.69) is 43.9 Å². The first-order valence-corrected chi connectivity index (χ1v) is 11.0. The molecule has 0 aliphatic carbocycles. The average molecular weight is 429 g/mol. The SMILES string of the molecule is CCCCc1c(C)c(C)nc2nc(SCc3nc4[nH]c(=O)n(CC)c(=O)c4[nH]3)nn12. The predicted molar refractivity (Wildman–Crippen MR) is 115 cm³/mol. The molecule has 0 amide bonds. The highest BCUT2D eigenvalue weighted by atomic mass is 32.2. The zero-order valence-corrected chi connectivity index (χ0v) is 18.3. The summed E-state index contributed by atoms with van der Waals surface area (Å²) in [4.78, 5) is 43.5. The van der Waals surface area contributed by atoms with E-state index in [4.69, 9.17) is 0 Å². The summed E-state index contributed by atoms with van der Waals surface area (Å²) in [6.45, 7) is 8.27. The average Bonchev–Trinajstić information content (AvgIpc) is 3.30. The Morgan fingerprint density at radius 1 is 1.07 bits per heavy atom. The maximum Gasteiger partial charge on any atom is 0.330 e. The van der Waals surface area contributed by atoms with Crippen molar-refractivity contribution >= 4 is 28.7 Å². The fourth-order valence-corrected chi connectivity index (χ4v) is 4.08. The van der Waals surface area contributed by atoms with Crippen LogP contribution in [0.4, 0.5) is 0 Å². The van der Waals surface area contributed by atoms with Gasteiger partial charge < -0.3 is 4.98 Å². The van der Waals surface area contributed by atoms with Crippen molar-refractivity contribution in [3.05, 3.63) is 43.6 Å². The molecule has 10 nitrogen and oxygen atoms in total. The minimum Gasteiger partial charge on any atom is -0.335 e. The number of nitrogens with one attached hydrogen (secondary N) is 2. The van der Waals surface area contributed by atoms with Crippen LogP contribution in [0.15, 0.2) is 14.7 Å². The van der Waals surface area contributed by atoms with E-state index in [0.717, 1.165) is 40.8 Å². The maximum absolute atomic E-state index is 12.4. The van der Waals surface area contributed by atoms with Gasteiger partial charge in [-0.25, -0.2) is 14.8 Å². The van der Waals surface area contributed by atoms with Crippen LogP contribution in [-0.2, 0) is 18.7 Å². The van der Waals surface area contributed by atoms with E-state index in [1.807, 2.05) is 11.4 Å². The van der Waals surface area contributed by atoms with E-state index in [1.165, 1.54) is 11.8 Å². The van der Waals surface area contributed by atoms with E-state index in [0.29, 0.717) is 34.6 Å². The molecule has 4 aromatic rings. The molecule has 0 aromatic carbocycles. The summed E-state index contributed by atoms with van der Waals surface area (Å²) in [5.74, 6) is 1.59. The molecule has 0 spiro atoms. The van der Waals surface area contributed by atoms with Crippen molar-refractivity contribution in [1.82, 2.24) is 39.1 Å². The number of imidazole rings is 1. The van der Waals surface area contributed by atoms with Crippen LogP contribution < -0.4 is 11.2 Å². The van der Waals surface area contributed by atoms with Gasteiger partial charge in [-0.2, -0.15) is 9.50 Å². The van der Waals surface area contributed by atoms with Crippen molar-refractivity contribution in [3.63, 3.8) is 0 Å². The van der Waals surface area contributed by atoms with Crippen molar-refractivity contribution in [3.8, 4) is 0 Å². The van der Waals surface area contributed by atoms with Crippen LogP contribution in [0, 0.1) is 13.8 Å². The molecule has 0 bridgehead atoms. The van der Waals surface area contributed by atoms with Gasteiger partial charge in [0.2, 0.25) is 5.16 Å². The third kappa shape index (κ3) is 3.53. The molecule has 4 aromatic heterocycles. The van der Waals surface area contributed by atoms with Crippen LogP contribution in [0.25, 0.3) is 16.9 Å². The number of hydrogen-bond acceptors (Lipinski definition) is 7. The quantitative estimate of drug-likeness (QED) is 0.432.